The molecule has 12 heteroatoms. The fraction of sp³-hybridized carbons (Fsp3) is 0.289. The van der Waals surface area contributed by atoms with Crippen LogP contribution in [0.15, 0.2) is 146 Å². The van der Waals surface area contributed by atoms with Crippen LogP contribution in [0.4, 0.5) is 8.78 Å². The molecule has 2 atom stereocenters. The second-order valence-electron chi connectivity index (χ2n) is 12.6. The van der Waals surface area contributed by atoms with Gasteiger partial charge in [0, 0.05) is 32.7 Å². The highest BCUT2D eigenvalue weighted by atomic mass is 79.9. The molecule has 0 aliphatic rings. The molecule has 0 saturated carbocycles. The number of hydrogen-bond donors (Lipinski definition) is 0. The van der Waals surface area contributed by atoms with Gasteiger partial charge < -0.3 is 9.47 Å². The average molecular weight is 845 g/mol. The lowest BCUT2D eigenvalue weighted by Crippen LogP contribution is -2.34. The Kier molecular flexibility index (Phi) is 20.8. The number of esters is 2. The minimum Gasteiger partial charge on any atom is -0.464 e. The number of para-hydroxylation sites is 1. The van der Waals surface area contributed by atoms with E-state index < -0.39 is 23.2 Å². The molecule has 1 heterocycles. The molecule has 0 radical (unpaired) electrons. The molecular weight excluding hydrogens is 792 g/mol. The minimum atomic E-state index is -1.68. The van der Waals surface area contributed by atoms with E-state index in [1.807, 2.05) is 88.4 Å². The molecule has 0 aliphatic carbocycles. The summed E-state index contributed by atoms with van der Waals surface area (Å²) in [4.78, 5) is 26.0. The van der Waals surface area contributed by atoms with Crippen LogP contribution < -0.4 is 0 Å². The summed E-state index contributed by atoms with van der Waals surface area (Å²) in [5, 5.41) is 6.94. The molecule has 9 nitrogen and oxygen atoms in total. The van der Waals surface area contributed by atoms with Crippen LogP contribution in [0, 0.1) is 0 Å². The van der Waals surface area contributed by atoms with Crippen molar-refractivity contribution in [1.29, 1.82) is 0 Å². The highest BCUT2D eigenvalue weighted by Gasteiger charge is 2.22. The van der Waals surface area contributed by atoms with Gasteiger partial charge in [0.25, 0.3) is 5.08 Å². The summed E-state index contributed by atoms with van der Waals surface area (Å²) in [6.45, 7) is 7.30. The van der Waals surface area contributed by atoms with Gasteiger partial charge in [0.05, 0.1) is 25.4 Å². The van der Waals surface area contributed by atoms with E-state index >= 15 is 0 Å². The lowest BCUT2D eigenvalue weighted by molar-refractivity contribution is -0.150. The van der Waals surface area contributed by atoms with Crippen LogP contribution in [-0.4, -0.2) is 67.7 Å². The van der Waals surface area contributed by atoms with Crippen molar-refractivity contribution >= 4 is 38.9 Å². The molecule has 5 aromatic carbocycles. The van der Waals surface area contributed by atoms with Gasteiger partial charge in [-0.15, -0.1) is 5.10 Å². The van der Waals surface area contributed by atoms with E-state index in [0.29, 0.717) is 19.8 Å². The first-order valence-electron chi connectivity index (χ1n) is 18.4. The molecule has 57 heavy (non-hydrogen) atoms. The van der Waals surface area contributed by atoms with Crippen LogP contribution >= 0.6 is 15.9 Å². The van der Waals surface area contributed by atoms with Crippen LogP contribution in [0.25, 0.3) is 11.0 Å². The normalized spacial score (nSPS) is 11.6. The van der Waals surface area contributed by atoms with Gasteiger partial charge in [-0.1, -0.05) is 146 Å². The van der Waals surface area contributed by atoms with Gasteiger partial charge in [-0.2, -0.15) is 0 Å². The van der Waals surface area contributed by atoms with Gasteiger partial charge in [-0.25, -0.2) is 23.1 Å². The molecule has 0 spiro atoms. The van der Waals surface area contributed by atoms with Crippen LogP contribution in [-0.2, 0) is 51.9 Å². The number of nitrogens with zero attached hydrogens (tertiary/aromatic N) is 5. The predicted molar refractivity (Wildman–Crippen MR) is 225 cm³/mol. The standard InChI is InChI=1S/C21H20N4.C19H22FNO2.C4H6BrFO2.CH4/c1-3-9-18(10-4-1)15-24(16-19-11-5-2-6-12-19)17-25-21-14-8-7-13-20(21)22-23-25;1-2-23-19(22)18(20)15-21(13-16-9-5-3-6-10-16)14-17-11-7-4-8-12-17;1-2-8-4(7)3(5)6;/h1-14H,15-17H2;3-12,18H,2,13-15H2,1H3;3H,2H2,1H3;1H4. The molecule has 0 fully saturated rings. The number of alkyl halides is 3. The van der Waals surface area contributed by atoms with Crippen molar-refractivity contribution < 1.29 is 27.8 Å². The van der Waals surface area contributed by atoms with Gasteiger partial charge in [0.15, 0.2) is 0 Å². The van der Waals surface area contributed by atoms with E-state index in [2.05, 4.69) is 103 Å². The zero-order valence-corrected chi connectivity index (χ0v) is 33.3. The molecule has 0 aliphatic heterocycles. The molecule has 0 bridgehead atoms. The second-order valence-corrected chi connectivity index (χ2v) is 13.4. The minimum absolute atomic E-state index is 0. The molecule has 2 unspecified atom stereocenters. The molecule has 0 saturated heterocycles. The van der Waals surface area contributed by atoms with Gasteiger partial charge in [-0.05, 0) is 64.2 Å². The van der Waals surface area contributed by atoms with Crippen molar-refractivity contribution in [2.45, 2.75) is 65.4 Å². The number of rotatable bonds is 16. The highest BCUT2D eigenvalue weighted by molar-refractivity contribution is 9.09. The van der Waals surface area contributed by atoms with E-state index in [9.17, 15) is 18.4 Å². The SMILES string of the molecule is C.CCOC(=O)C(F)Br.CCOC(=O)C(F)CN(Cc1ccccc1)Cc1ccccc1.c1ccc(CN(Cc2ccccc2)Cn2nnc3ccccc32)cc1. The lowest BCUT2D eigenvalue weighted by Gasteiger charge is -2.23. The molecule has 302 valence electrons. The van der Waals surface area contributed by atoms with Crippen LogP contribution in [0.2, 0.25) is 0 Å². The number of aromatic nitrogens is 3. The summed E-state index contributed by atoms with van der Waals surface area (Å²) >= 11 is 2.40. The van der Waals surface area contributed by atoms with Gasteiger partial charge in [0.1, 0.15) is 5.52 Å². The van der Waals surface area contributed by atoms with E-state index in [-0.39, 0.29) is 27.2 Å². The van der Waals surface area contributed by atoms with Crippen molar-refractivity contribution in [1.82, 2.24) is 24.8 Å². The zero-order chi connectivity index (χ0) is 40.0. The Labute approximate surface area is 343 Å². The highest BCUT2D eigenvalue weighted by Crippen LogP contribution is 2.16. The Morgan fingerprint density at radius 2 is 1.00 bits per heavy atom. The Bertz CT molecular complexity index is 1910. The number of halogens is 3. The summed E-state index contributed by atoms with van der Waals surface area (Å²) < 4.78 is 36.8. The zero-order valence-electron chi connectivity index (χ0n) is 31.7. The lowest BCUT2D eigenvalue weighted by atomic mass is 10.1. The van der Waals surface area contributed by atoms with Crippen LogP contribution in [0.5, 0.6) is 0 Å². The van der Waals surface area contributed by atoms with Crippen molar-refractivity contribution in [3.8, 4) is 0 Å². The fourth-order valence-corrected chi connectivity index (χ4v) is 5.79. The first kappa shape index (κ1) is 46.1. The fourth-order valence-electron chi connectivity index (χ4n) is 5.66. The Morgan fingerprint density at radius 1 is 0.614 bits per heavy atom. The number of fused-ring (bicyclic) bond motifs is 1. The molecule has 6 aromatic rings. The Hall–Kier alpha value is -5.30. The van der Waals surface area contributed by atoms with Crippen LogP contribution in [0.3, 0.4) is 0 Å². The molecule has 1 aromatic heterocycles. The molecule has 0 amide bonds. The monoisotopic (exact) mass is 843 g/mol. The predicted octanol–water partition coefficient (Wildman–Crippen LogP) is 9.56. The maximum atomic E-state index is 14.1. The molecule has 0 N–H and O–H groups in total. The van der Waals surface area contributed by atoms with Gasteiger partial charge in [-0.3, -0.25) is 9.80 Å². The second kappa shape index (κ2) is 25.8. The van der Waals surface area contributed by atoms with Gasteiger partial charge >= 0.3 is 11.9 Å². The van der Waals surface area contributed by atoms with Gasteiger partial charge in [0.2, 0.25) is 6.17 Å². The van der Waals surface area contributed by atoms with Crippen molar-refractivity contribution in [2.75, 3.05) is 19.8 Å². The third-order valence-electron chi connectivity index (χ3n) is 8.18. The number of carbonyl (C=O) groups is 2. The third kappa shape index (κ3) is 16.8. The number of benzene rings is 5. The average Bonchev–Trinajstić information content (AvgIpc) is 3.62. The topological polar surface area (TPSA) is 89.8 Å². The number of carbonyl (C=O) groups excluding carboxylic acids is 2. The smallest absolute Gasteiger partial charge is 0.351 e. The van der Waals surface area contributed by atoms with Crippen LogP contribution in [0.1, 0.15) is 43.5 Å². The van der Waals surface area contributed by atoms with E-state index in [1.165, 1.54) is 11.1 Å². The number of ether oxygens (including phenoxy) is 2. The number of hydrogen-bond acceptors (Lipinski definition) is 8. The first-order chi connectivity index (χ1) is 27.2. The molecular formula is C45H52BrF2N5O4. The van der Waals surface area contributed by atoms with E-state index in [0.717, 1.165) is 35.2 Å². The van der Waals surface area contributed by atoms with E-state index in [4.69, 9.17) is 4.74 Å². The summed E-state index contributed by atoms with van der Waals surface area (Å²) in [5.74, 6) is -1.66. The Morgan fingerprint density at radius 3 is 1.40 bits per heavy atom. The summed E-state index contributed by atoms with van der Waals surface area (Å²) in [5.41, 5.74) is 6.75. The largest absolute Gasteiger partial charge is 0.464 e. The first-order valence-corrected chi connectivity index (χ1v) is 19.3. The third-order valence-corrected chi connectivity index (χ3v) is 8.55. The Balaban J connectivity index is 0.000000254. The van der Waals surface area contributed by atoms with Crippen molar-refractivity contribution in [3.05, 3.63) is 168 Å². The maximum Gasteiger partial charge on any atom is 0.351 e. The summed E-state index contributed by atoms with van der Waals surface area (Å²) in [6, 6.07) is 48.9. The summed E-state index contributed by atoms with van der Waals surface area (Å²) in [7, 11) is 0. The molecule has 6 rings (SSSR count). The summed E-state index contributed by atoms with van der Waals surface area (Å²) in [6.07, 6.45) is -1.64. The van der Waals surface area contributed by atoms with Crippen molar-refractivity contribution in [2.24, 2.45) is 0 Å². The van der Waals surface area contributed by atoms with E-state index in [1.54, 1.807) is 13.8 Å². The maximum absolute atomic E-state index is 14.1. The van der Waals surface area contributed by atoms with Crippen molar-refractivity contribution in [3.63, 3.8) is 0 Å². The quantitative estimate of drug-likeness (QED) is 0.0704.